The number of hydrogen-bond donors (Lipinski definition) is 2. The van der Waals surface area contributed by atoms with Crippen LogP contribution in [-0.4, -0.2) is 37.4 Å². The number of halogens is 1. The Labute approximate surface area is 173 Å². The molecule has 0 unspecified atom stereocenters. The number of benzene rings is 2. The minimum absolute atomic E-state index is 0.0951. The molecule has 0 fully saturated rings. The molecule has 0 spiro atoms. The van der Waals surface area contributed by atoms with Crippen molar-refractivity contribution in [3.63, 3.8) is 0 Å². The Morgan fingerprint density at radius 1 is 1.00 bits per heavy atom. The maximum atomic E-state index is 12.4. The van der Waals surface area contributed by atoms with E-state index >= 15 is 0 Å². The number of rotatable bonds is 7. The van der Waals surface area contributed by atoms with Gasteiger partial charge in [0.2, 0.25) is 5.91 Å². The van der Waals surface area contributed by atoms with Crippen LogP contribution in [0.15, 0.2) is 48.5 Å². The van der Waals surface area contributed by atoms with Gasteiger partial charge >= 0.3 is 0 Å². The van der Waals surface area contributed by atoms with E-state index in [-0.39, 0.29) is 18.4 Å². The number of carbonyl (C=O) groups excluding carboxylic acids is 2. The first-order valence-electron chi connectivity index (χ1n) is 8.88. The summed E-state index contributed by atoms with van der Waals surface area (Å²) in [6.45, 7) is 1.20. The van der Waals surface area contributed by atoms with Gasteiger partial charge in [0.25, 0.3) is 5.91 Å². The third-order valence-corrected chi connectivity index (χ3v) is 5.84. The molecule has 2 amide bonds. The minimum atomic E-state index is -0.339. The van der Waals surface area contributed by atoms with E-state index in [0.717, 1.165) is 22.2 Å². The molecule has 1 heterocycles. The van der Waals surface area contributed by atoms with Crippen molar-refractivity contribution < 1.29 is 9.59 Å². The molecule has 0 radical (unpaired) electrons. The molecule has 0 bridgehead atoms. The number of fused-ring (bicyclic) bond motifs is 1. The first-order valence-corrected chi connectivity index (χ1v) is 10.1. The zero-order valence-electron chi connectivity index (χ0n) is 15.8. The normalized spacial score (nSPS) is 11.0. The summed E-state index contributed by atoms with van der Waals surface area (Å²) in [6.07, 6.45) is 0. The van der Waals surface area contributed by atoms with Gasteiger partial charge in [-0.15, -0.1) is 11.3 Å². The van der Waals surface area contributed by atoms with Crippen molar-refractivity contribution in [3.8, 4) is 0 Å². The highest BCUT2D eigenvalue weighted by atomic mass is 35.5. The van der Waals surface area contributed by atoms with E-state index in [4.69, 9.17) is 11.6 Å². The molecule has 0 atom stereocenters. The van der Waals surface area contributed by atoms with Gasteiger partial charge in [-0.2, -0.15) is 0 Å². The van der Waals surface area contributed by atoms with Crippen LogP contribution in [-0.2, 0) is 17.9 Å². The van der Waals surface area contributed by atoms with E-state index in [1.54, 1.807) is 0 Å². The molecule has 146 valence electrons. The highest BCUT2D eigenvalue weighted by molar-refractivity contribution is 7.21. The third kappa shape index (κ3) is 5.10. The maximum Gasteiger partial charge on any atom is 0.263 e. The van der Waals surface area contributed by atoms with Gasteiger partial charge in [0.15, 0.2) is 0 Å². The molecule has 0 aliphatic heterocycles. The molecule has 0 saturated heterocycles. The van der Waals surface area contributed by atoms with Crippen molar-refractivity contribution in [1.82, 2.24) is 15.5 Å². The van der Waals surface area contributed by atoms with Crippen LogP contribution < -0.4 is 10.6 Å². The van der Waals surface area contributed by atoms with Gasteiger partial charge < -0.3 is 15.5 Å². The minimum Gasteiger partial charge on any atom is -0.350 e. The van der Waals surface area contributed by atoms with Gasteiger partial charge in [0, 0.05) is 23.2 Å². The van der Waals surface area contributed by atoms with Crippen molar-refractivity contribution in [2.24, 2.45) is 0 Å². The van der Waals surface area contributed by atoms with Crippen molar-refractivity contribution >= 4 is 44.8 Å². The molecule has 5 nitrogen and oxygen atoms in total. The summed E-state index contributed by atoms with van der Waals surface area (Å²) in [5.74, 6) is -0.586. The van der Waals surface area contributed by atoms with Gasteiger partial charge in [0.1, 0.15) is 4.88 Å². The second-order valence-corrected chi connectivity index (χ2v) is 8.19. The molecule has 0 aliphatic carbocycles. The van der Waals surface area contributed by atoms with Crippen LogP contribution in [0.2, 0.25) is 5.02 Å². The first kappa shape index (κ1) is 20.3. The van der Waals surface area contributed by atoms with Gasteiger partial charge in [-0.1, -0.05) is 54.1 Å². The van der Waals surface area contributed by atoms with Crippen LogP contribution in [0.25, 0.3) is 10.1 Å². The smallest absolute Gasteiger partial charge is 0.263 e. The summed E-state index contributed by atoms with van der Waals surface area (Å²) in [7, 11) is 4.04. The third-order valence-electron chi connectivity index (χ3n) is 4.16. The molecule has 0 aliphatic rings. The van der Waals surface area contributed by atoms with Gasteiger partial charge in [0.05, 0.1) is 11.6 Å². The first-order chi connectivity index (χ1) is 13.4. The number of hydrogen-bond acceptors (Lipinski definition) is 4. The zero-order valence-corrected chi connectivity index (χ0v) is 17.4. The lowest BCUT2D eigenvalue weighted by Crippen LogP contribution is -2.36. The summed E-state index contributed by atoms with van der Waals surface area (Å²) in [4.78, 5) is 27.0. The maximum absolute atomic E-state index is 12.4. The summed E-state index contributed by atoms with van der Waals surface area (Å²) < 4.78 is 0.944. The molecule has 0 saturated carbocycles. The highest BCUT2D eigenvalue weighted by Gasteiger charge is 2.17. The van der Waals surface area contributed by atoms with E-state index in [1.807, 2.05) is 62.6 Å². The topological polar surface area (TPSA) is 61.4 Å². The van der Waals surface area contributed by atoms with E-state index in [2.05, 4.69) is 15.5 Å². The largest absolute Gasteiger partial charge is 0.350 e. The molecule has 7 heteroatoms. The summed E-state index contributed by atoms with van der Waals surface area (Å²) in [6, 6.07) is 15.7. The molecule has 2 aromatic carbocycles. The monoisotopic (exact) mass is 415 g/mol. The number of nitrogens with one attached hydrogen (secondary N) is 2. The summed E-state index contributed by atoms with van der Waals surface area (Å²) in [5, 5.41) is 6.73. The number of carbonyl (C=O) groups is 2. The van der Waals surface area contributed by atoms with E-state index in [9.17, 15) is 9.59 Å². The fourth-order valence-electron chi connectivity index (χ4n) is 2.79. The van der Waals surface area contributed by atoms with Crippen LogP contribution in [0, 0.1) is 0 Å². The zero-order chi connectivity index (χ0) is 20.1. The second kappa shape index (κ2) is 9.19. The lowest BCUT2D eigenvalue weighted by molar-refractivity contribution is -0.120. The standard InChI is InChI=1S/C21H22ClN3O2S/c1-25(2)13-15-9-7-14(8-10-15)11-23-18(26)12-24-21(27)20-19(22)16-5-3-4-6-17(16)28-20/h3-10H,11-13H2,1-2H3,(H,23,26)(H,24,27). The van der Waals surface area contributed by atoms with E-state index in [1.165, 1.54) is 16.9 Å². The van der Waals surface area contributed by atoms with Crippen molar-refractivity contribution in [3.05, 3.63) is 69.6 Å². The fourth-order valence-corrected chi connectivity index (χ4v) is 4.23. The highest BCUT2D eigenvalue weighted by Crippen LogP contribution is 2.34. The Morgan fingerprint density at radius 3 is 2.36 bits per heavy atom. The van der Waals surface area contributed by atoms with Crippen LogP contribution in [0.1, 0.15) is 20.8 Å². The van der Waals surface area contributed by atoms with Gasteiger partial charge in [-0.25, -0.2) is 0 Å². The SMILES string of the molecule is CN(C)Cc1ccc(CNC(=O)CNC(=O)c2sc3ccccc3c2Cl)cc1. The molecular weight excluding hydrogens is 394 g/mol. The number of thiophene rings is 1. The van der Waals surface area contributed by atoms with Crippen molar-refractivity contribution in [2.75, 3.05) is 20.6 Å². The molecule has 2 N–H and O–H groups in total. The van der Waals surface area contributed by atoms with Crippen molar-refractivity contribution in [2.45, 2.75) is 13.1 Å². The predicted molar refractivity (Wildman–Crippen MR) is 115 cm³/mol. The van der Waals surface area contributed by atoms with Crippen LogP contribution in [0.3, 0.4) is 0 Å². The Morgan fingerprint density at radius 2 is 1.68 bits per heavy atom. The van der Waals surface area contributed by atoms with E-state index < -0.39 is 0 Å². The lowest BCUT2D eigenvalue weighted by Gasteiger charge is -2.10. The van der Waals surface area contributed by atoms with Gasteiger partial charge in [-0.3, -0.25) is 9.59 Å². The van der Waals surface area contributed by atoms with Crippen LogP contribution >= 0.6 is 22.9 Å². The molecule has 3 aromatic rings. The predicted octanol–water partition coefficient (Wildman–Crippen LogP) is 3.66. The number of amides is 2. The van der Waals surface area contributed by atoms with Crippen LogP contribution in [0.4, 0.5) is 0 Å². The quantitative estimate of drug-likeness (QED) is 0.619. The van der Waals surface area contributed by atoms with Crippen LogP contribution in [0.5, 0.6) is 0 Å². The van der Waals surface area contributed by atoms with E-state index in [0.29, 0.717) is 16.4 Å². The second-order valence-electron chi connectivity index (χ2n) is 6.76. The molecule has 1 aromatic heterocycles. The summed E-state index contributed by atoms with van der Waals surface area (Å²) in [5.41, 5.74) is 2.22. The van der Waals surface area contributed by atoms with Crippen molar-refractivity contribution in [1.29, 1.82) is 0 Å². The Bertz CT molecular complexity index is 983. The summed E-state index contributed by atoms with van der Waals surface area (Å²) >= 11 is 7.62. The average Bonchev–Trinajstić information content (AvgIpc) is 3.02. The Balaban J connectivity index is 1.49. The molecular formula is C21H22ClN3O2S. The molecule has 28 heavy (non-hydrogen) atoms. The molecule has 3 rings (SSSR count). The number of nitrogens with zero attached hydrogens (tertiary/aromatic N) is 1. The Hall–Kier alpha value is -2.41. The van der Waals surface area contributed by atoms with Gasteiger partial charge in [-0.05, 0) is 31.3 Å². The fraction of sp³-hybridized carbons (Fsp3) is 0.238. The lowest BCUT2D eigenvalue weighted by atomic mass is 10.1. The Kier molecular flexibility index (Phi) is 6.67. The average molecular weight is 416 g/mol.